The minimum Gasteiger partial charge on any atom is -0.465 e. The molecule has 1 fully saturated rings. The topological polar surface area (TPSA) is 52.3 Å². The molecule has 0 radical (unpaired) electrons. The summed E-state index contributed by atoms with van der Waals surface area (Å²) >= 11 is 0. The first-order valence-corrected chi connectivity index (χ1v) is 5.14. The van der Waals surface area contributed by atoms with Gasteiger partial charge in [0.15, 0.2) is 0 Å². The monoisotopic (exact) mass is 205 g/mol. The zero-order chi connectivity index (χ0) is 10.8. The van der Waals surface area contributed by atoms with E-state index in [0.717, 1.165) is 12.8 Å². The van der Waals surface area contributed by atoms with Gasteiger partial charge >= 0.3 is 5.97 Å². The minimum atomic E-state index is -0.277. The predicted molar refractivity (Wildman–Crippen MR) is 57.7 cm³/mol. The third kappa shape index (κ3) is 2.02. The number of carbonyl (C=O) groups excluding carboxylic acids is 1. The second kappa shape index (κ2) is 4.03. The van der Waals surface area contributed by atoms with Crippen molar-refractivity contribution in [2.24, 2.45) is 5.73 Å². The van der Waals surface area contributed by atoms with Crippen LogP contribution in [0.3, 0.4) is 0 Å². The van der Waals surface area contributed by atoms with Crippen molar-refractivity contribution >= 4 is 5.97 Å². The van der Waals surface area contributed by atoms with E-state index in [2.05, 4.69) is 4.74 Å². The molecule has 0 bridgehead atoms. The van der Waals surface area contributed by atoms with Crippen LogP contribution in [0.2, 0.25) is 0 Å². The second-order valence-corrected chi connectivity index (χ2v) is 4.05. The van der Waals surface area contributed by atoms with Crippen LogP contribution in [0.5, 0.6) is 0 Å². The van der Waals surface area contributed by atoms with Crippen molar-refractivity contribution in [3.8, 4) is 0 Å². The van der Waals surface area contributed by atoms with Crippen LogP contribution in [-0.2, 0) is 4.74 Å². The fourth-order valence-corrected chi connectivity index (χ4v) is 1.97. The number of hydrogen-bond acceptors (Lipinski definition) is 3. The standard InChI is InChI=1S/C12H15NO2/c1-15-12(14)9-4-2-3-8(5-9)10-6-11(13)7-10/h2-5,10-11H,6-7,13H2,1H3. The van der Waals surface area contributed by atoms with Gasteiger partial charge in [-0.3, -0.25) is 0 Å². The maximum absolute atomic E-state index is 11.3. The lowest BCUT2D eigenvalue weighted by Crippen LogP contribution is -2.34. The molecule has 0 aromatic heterocycles. The summed E-state index contributed by atoms with van der Waals surface area (Å²) < 4.78 is 4.68. The largest absolute Gasteiger partial charge is 0.465 e. The van der Waals surface area contributed by atoms with E-state index in [1.165, 1.54) is 12.7 Å². The van der Waals surface area contributed by atoms with E-state index in [4.69, 9.17) is 5.73 Å². The lowest BCUT2D eigenvalue weighted by Gasteiger charge is -2.32. The first kappa shape index (κ1) is 10.2. The van der Waals surface area contributed by atoms with Crippen molar-refractivity contribution in [2.45, 2.75) is 24.8 Å². The number of rotatable bonds is 2. The molecular weight excluding hydrogens is 190 g/mol. The van der Waals surface area contributed by atoms with Gasteiger partial charge < -0.3 is 10.5 Å². The van der Waals surface area contributed by atoms with Crippen LogP contribution in [0.4, 0.5) is 0 Å². The fraction of sp³-hybridized carbons (Fsp3) is 0.417. The van der Waals surface area contributed by atoms with E-state index in [1.54, 1.807) is 6.07 Å². The molecular formula is C12H15NO2. The molecule has 2 rings (SSSR count). The van der Waals surface area contributed by atoms with Crippen molar-refractivity contribution in [2.75, 3.05) is 7.11 Å². The molecule has 1 aromatic carbocycles. The van der Waals surface area contributed by atoms with Gasteiger partial charge in [0, 0.05) is 6.04 Å². The maximum atomic E-state index is 11.3. The van der Waals surface area contributed by atoms with Crippen LogP contribution in [-0.4, -0.2) is 19.1 Å². The van der Waals surface area contributed by atoms with Crippen molar-refractivity contribution in [3.63, 3.8) is 0 Å². The SMILES string of the molecule is COC(=O)c1cccc(C2CC(N)C2)c1. The molecule has 3 heteroatoms. The normalized spacial score (nSPS) is 24.4. The smallest absolute Gasteiger partial charge is 0.337 e. The van der Waals surface area contributed by atoms with Crippen molar-refractivity contribution in [1.29, 1.82) is 0 Å². The lowest BCUT2D eigenvalue weighted by molar-refractivity contribution is 0.0600. The molecule has 0 spiro atoms. The summed E-state index contributed by atoms with van der Waals surface area (Å²) in [5, 5.41) is 0. The van der Waals surface area contributed by atoms with E-state index in [1.807, 2.05) is 18.2 Å². The highest BCUT2D eigenvalue weighted by Crippen LogP contribution is 2.35. The van der Waals surface area contributed by atoms with Crippen LogP contribution in [0.1, 0.15) is 34.7 Å². The maximum Gasteiger partial charge on any atom is 0.337 e. The summed E-state index contributed by atoms with van der Waals surface area (Å²) in [6.45, 7) is 0. The van der Waals surface area contributed by atoms with Crippen LogP contribution < -0.4 is 5.73 Å². The van der Waals surface area contributed by atoms with Crippen LogP contribution >= 0.6 is 0 Å². The Morgan fingerprint density at radius 1 is 1.47 bits per heavy atom. The zero-order valence-electron chi connectivity index (χ0n) is 8.77. The van der Waals surface area contributed by atoms with E-state index < -0.39 is 0 Å². The molecule has 1 saturated carbocycles. The number of ether oxygens (including phenoxy) is 1. The van der Waals surface area contributed by atoms with E-state index in [9.17, 15) is 4.79 Å². The summed E-state index contributed by atoms with van der Waals surface area (Å²) in [4.78, 5) is 11.3. The number of benzene rings is 1. The van der Waals surface area contributed by atoms with Gasteiger partial charge in [0.25, 0.3) is 0 Å². The highest BCUT2D eigenvalue weighted by atomic mass is 16.5. The molecule has 15 heavy (non-hydrogen) atoms. The highest BCUT2D eigenvalue weighted by molar-refractivity contribution is 5.89. The van der Waals surface area contributed by atoms with Crippen LogP contribution in [0, 0.1) is 0 Å². The van der Waals surface area contributed by atoms with Gasteiger partial charge in [0.1, 0.15) is 0 Å². The molecule has 0 amide bonds. The van der Waals surface area contributed by atoms with Gasteiger partial charge in [-0.2, -0.15) is 0 Å². The molecule has 1 aromatic rings. The summed E-state index contributed by atoms with van der Waals surface area (Å²) in [7, 11) is 1.40. The molecule has 2 N–H and O–H groups in total. The summed E-state index contributed by atoms with van der Waals surface area (Å²) in [6.07, 6.45) is 2.04. The average molecular weight is 205 g/mol. The molecule has 1 aliphatic carbocycles. The Labute approximate surface area is 89.2 Å². The predicted octanol–water partition coefficient (Wildman–Crippen LogP) is 1.68. The van der Waals surface area contributed by atoms with Crippen LogP contribution in [0.25, 0.3) is 0 Å². The Hall–Kier alpha value is -1.35. The first-order chi connectivity index (χ1) is 7.20. The lowest BCUT2D eigenvalue weighted by atomic mass is 9.76. The van der Waals surface area contributed by atoms with E-state index >= 15 is 0 Å². The first-order valence-electron chi connectivity index (χ1n) is 5.14. The number of carbonyl (C=O) groups is 1. The number of esters is 1. The van der Waals surface area contributed by atoms with Crippen molar-refractivity contribution in [1.82, 2.24) is 0 Å². The Kier molecular flexibility index (Phi) is 2.73. The molecule has 0 atom stereocenters. The summed E-state index contributed by atoms with van der Waals surface area (Å²) in [5.41, 5.74) is 7.55. The number of nitrogens with two attached hydrogens (primary N) is 1. The van der Waals surface area contributed by atoms with Crippen molar-refractivity contribution < 1.29 is 9.53 Å². The molecule has 0 saturated heterocycles. The van der Waals surface area contributed by atoms with Crippen molar-refractivity contribution in [3.05, 3.63) is 35.4 Å². The zero-order valence-corrected chi connectivity index (χ0v) is 8.77. The quantitative estimate of drug-likeness (QED) is 0.747. The number of methoxy groups -OCH3 is 1. The number of hydrogen-bond donors (Lipinski definition) is 1. The molecule has 0 heterocycles. The van der Waals surface area contributed by atoms with Gasteiger partial charge in [0.05, 0.1) is 12.7 Å². The summed E-state index contributed by atoms with van der Waals surface area (Å²) in [5.74, 6) is 0.241. The van der Waals surface area contributed by atoms with E-state index in [-0.39, 0.29) is 5.97 Å². The minimum absolute atomic E-state index is 0.277. The molecule has 1 aliphatic rings. The van der Waals surface area contributed by atoms with Gasteiger partial charge in [-0.05, 0) is 36.5 Å². The van der Waals surface area contributed by atoms with Gasteiger partial charge in [-0.25, -0.2) is 4.79 Å². The Morgan fingerprint density at radius 2 is 2.20 bits per heavy atom. The fourth-order valence-electron chi connectivity index (χ4n) is 1.97. The Balaban J connectivity index is 2.16. The second-order valence-electron chi connectivity index (χ2n) is 4.05. The molecule has 0 unspecified atom stereocenters. The highest BCUT2D eigenvalue weighted by Gasteiger charge is 2.27. The summed E-state index contributed by atoms with van der Waals surface area (Å²) in [6, 6.07) is 7.95. The third-order valence-electron chi connectivity index (χ3n) is 2.95. The molecule has 80 valence electrons. The Bertz CT molecular complexity index is 370. The van der Waals surface area contributed by atoms with Crippen LogP contribution in [0.15, 0.2) is 24.3 Å². The third-order valence-corrected chi connectivity index (χ3v) is 2.95. The van der Waals surface area contributed by atoms with Gasteiger partial charge in [0.2, 0.25) is 0 Å². The molecule has 0 aliphatic heterocycles. The van der Waals surface area contributed by atoms with E-state index in [0.29, 0.717) is 17.5 Å². The molecule has 3 nitrogen and oxygen atoms in total. The average Bonchev–Trinajstić information content (AvgIpc) is 2.24. The van der Waals surface area contributed by atoms with Gasteiger partial charge in [-0.15, -0.1) is 0 Å². The van der Waals surface area contributed by atoms with Gasteiger partial charge in [-0.1, -0.05) is 12.1 Å². The Morgan fingerprint density at radius 3 is 2.80 bits per heavy atom.